The molecule has 17 heavy (non-hydrogen) atoms. The first-order valence-electron chi connectivity index (χ1n) is 5.70. The van der Waals surface area contributed by atoms with Gasteiger partial charge in [0.2, 0.25) is 0 Å². The largest absolute Gasteiger partial charge is 0.316 e. The molecule has 0 atom stereocenters. The van der Waals surface area contributed by atoms with Crippen molar-refractivity contribution < 1.29 is 4.39 Å². The Morgan fingerprint density at radius 1 is 1.41 bits per heavy atom. The van der Waals surface area contributed by atoms with Crippen LogP contribution in [-0.2, 0) is 13.1 Å². The number of aryl methyl sites for hydroxylation is 1. The van der Waals surface area contributed by atoms with Crippen molar-refractivity contribution in [3.05, 3.63) is 42.0 Å². The molecule has 0 spiro atoms. The van der Waals surface area contributed by atoms with Gasteiger partial charge in [-0.3, -0.25) is 4.68 Å². The molecule has 0 fully saturated rings. The smallest absolute Gasteiger partial charge is 0.131 e. The van der Waals surface area contributed by atoms with E-state index >= 15 is 0 Å². The summed E-state index contributed by atoms with van der Waals surface area (Å²) in [6.07, 6.45) is 3.56. The molecule has 4 heteroatoms. The van der Waals surface area contributed by atoms with E-state index in [9.17, 15) is 4.39 Å². The van der Waals surface area contributed by atoms with Gasteiger partial charge in [-0.15, -0.1) is 0 Å². The average molecular weight is 233 g/mol. The normalized spacial score (nSPS) is 10.8. The van der Waals surface area contributed by atoms with Crippen LogP contribution in [0.1, 0.15) is 12.5 Å². The fourth-order valence-corrected chi connectivity index (χ4v) is 1.78. The Morgan fingerprint density at radius 3 is 2.88 bits per heavy atom. The van der Waals surface area contributed by atoms with Gasteiger partial charge in [-0.2, -0.15) is 5.10 Å². The summed E-state index contributed by atoms with van der Waals surface area (Å²) in [4.78, 5) is 0. The zero-order valence-corrected chi connectivity index (χ0v) is 10.1. The summed E-state index contributed by atoms with van der Waals surface area (Å²) in [5.74, 6) is -0.208. The summed E-state index contributed by atoms with van der Waals surface area (Å²) < 4.78 is 15.5. The molecular formula is C13H16FN3. The number of aromatic nitrogens is 2. The van der Waals surface area contributed by atoms with Gasteiger partial charge in [0.15, 0.2) is 0 Å². The minimum absolute atomic E-state index is 0.208. The molecule has 2 rings (SSSR count). The van der Waals surface area contributed by atoms with Crippen molar-refractivity contribution >= 4 is 0 Å². The van der Waals surface area contributed by atoms with Crippen molar-refractivity contribution in [1.29, 1.82) is 0 Å². The van der Waals surface area contributed by atoms with E-state index in [1.807, 2.05) is 26.2 Å². The first-order valence-corrected chi connectivity index (χ1v) is 5.70. The molecule has 0 radical (unpaired) electrons. The molecule has 0 bridgehead atoms. The second kappa shape index (κ2) is 5.10. The average Bonchev–Trinajstić information content (AvgIpc) is 2.80. The molecule has 0 aliphatic heterocycles. The maximum absolute atomic E-state index is 13.8. The van der Waals surface area contributed by atoms with E-state index in [2.05, 4.69) is 10.4 Å². The van der Waals surface area contributed by atoms with Gasteiger partial charge < -0.3 is 5.32 Å². The monoisotopic (exact) mass is 233 g/mol. The third-order valence-corrected chi connectivity index (χ3v) is 2.68. The first kappa shape index (κ1) is 11.8. The number of nitrogens with one attached hydrogen (secondary N) is 1. The van der Waals surface area contributed by atoms with Gasteiger partial charge in [-0.1, -0.05) is 6.07 Å². The molecule has 90 valence electrons. The Balaban J connectivity index is 2.39. The van der Waals surface area contributed by atoms with Crippen LogP contribution in [0.3, 0.4) is 0 Å². The van der Waals surface area contributed by atoms with Crippen LogP contribution in [0.15, 0.2) is 30.6 Å². The van der Waals surface area contributed by atoms with Gasteiger partial charge in [0.05, 0.1) is 6.20 Å². The quantitative estimate of drug-likeness (QED) is 0.879. The van der Waals surface area contributed by atoms with E-state index in [1.54, 1.807) is 16.9 Å². The maximum Gasteiger partial charge on any atom is 0.131 e. The van der Waals surface area contributed by atoms with Crippen molar-refractivity contribution in [2.45, 2.75) is 20.0 Å². The molecule has 0 saturated carbocycles. The lowest BCUT2D eigenvalue weighted by molar-refractivity contribution is 0.629. The highest BCUT2D eigenvalue weighted by Crippen LogP contribution is 2.23. The number of hydrogen-bond donors (Lipinski definition) is 1. The highest BCUT2D eigenvalue weighted by molar-refractivity contribution is 5.63. The molecule has 1 heterocycles. The van der Waals surface area contributed by atoms with Crippen LogP contribution in [0.2, 0.25) is 0 Å². The minimum Gasteiger partial charge on any atom is -0.316 e. The van der Waals surface area contributed by atoms with Gasteiger partial charge in [0.1, 0.15) is 5.82 Å². The van der Waals surface area contributed by atoms with Crippen LogP contribution in [0.4, 0.5) is 4.39 Å². The zero-order valence-electron chi connectivity index (χ0n) is 10.1. The molecule has 0 saturated heterocycles. The van der Waals surface area contributed by atoms with Gasteiger partial charge >= 0.3 is 0 Å². The molecule has 0 aliphatic carbocycles. The summed E-state index contributed by atoms with van der Waals surface area (Å²) in [7, 11) is 1.87. The number of nitrogens with zero attached hydrogens (tertiary/aromatic N) is 2. The number of rotatable bonds is 4. The molecule has 0 aliphatic rings. The SMILES string of the molecule is CCn1cc(-c2cc(CNC)ccc2F)cn1. The predicted octanol–water partition coefficient (Wildman–Crippen LogP) is 2.43. The Bertz CT molecular complexity index is 505. The highest BCUT2D eigenvalue weighted by atomic mass is 19.1. The zero-order chi connectivity index (χ0) is 12.3. The molecule has 1 aromatic heterocycles. The van der Waals surface area contributed by atoms with E-state index in [0.717, 1.165) is 24.2 Å². The van der Waals surface area contributed by atoms with E-state index in [1.165, 1.54) is 6.07 Å². The lowest BCUT2D eigenvalue weighted by Crippen LogP contribution is -2.05. The summed E-state index contributed by atoms with van der Waals surface area (Å²) in [6.45, 7) is 3.53. The summed E-state index contributed by atoms with van der Waals surface area (Å²) in [6, 6.07) is 5.16. The Kier molecular flexibility index (Phi) is 3.54. The van der Waals surface area contributed by atoms with E-state index in [4.69, 9.17) is 0 Å². The van der Waals surface area contributed by atoms with Crippen LogP contribution < -0.4 is 5.32 Å². The molecule has 1 aromatic carbocycles. The van der Waals surface area contributed by atoms with Crippen molar-refractivity contribution in [1.82, 2.24) is 15.1 Å². The van der Waals surface area contributed by atoms with Crippen LogP contribution in [0.5, 0.6) is 0 Å². The third-order valence-electron chi connectivity index (χ3n) is 2.68. The first-order chi connectivity index (χ1) is 8.24. The van der Waals surface area contributed by atoms with Gasteiger partial charge in [-0.25, -0.2) is 4.39 Å². The third kappa shape index (κ3) is 2.53. The predicted molar refractivity (Wildman–Crippen MR) is 66.1 cm³/mol. The van der Waals surface area contributed by atoms with E-state index in [0.29, 0.717) is 5.56 Å². The molecular weight excluding hydrogens is 217 g/mol. The standard InChI is InChI=1S/C13H16FN3/c1-3-17-9-11(8-16-17)12-6-10(7-15-2)4-5-13(12)14/h4-6,8-9,15H,3,7H2,1-2H3. The van der Waals surface area contributed by atoms with Crippen molar-refractivity contribution in [3.63, 3.8) is 0 Å². The summed E-state index contributed by atoms with van der Waals surface area (Å²) in [5.41, 5.74) is 2.49. The maximum atomic E-state index is 13.8. The highest BCUT2D eigenvalue weighted by Gasteiger charge is 2.08. The number of benzene rings is 1. The van der Waals surface area contributed by atoms with Crippen LogP contribution in [-0.4, -0.2) is 16.8 Å². The number of halogens is 1. The Hall–Kier alpha value is -1.68. The van der Waals surface area contributed by atoms with Gasteiger partial charge in [0, 0.05) is 30.4 Å². The van der Waals surface area contributed by atoms with E-state index in [-0.39, 0.29) is 5.82 Å². The van der Waals surface area contributed by atoms with Crippen molar-refractivity contribution in [2.24, 2.45) is 0 Å². The molecule has 2 aromatic rings. The van der Waals surface area contributed by atoms with E-state index < -0.39 is 0 Å². The van der Waals surface area contributed by atoms with Gasteiger partial charge in [0.25, 0.3) is 0 Å². The summed E-state index contributed by atoms with van der Waals surface area (Å²) >= 11 is 0. The fourth-order valence-electron chi connectivity index (χ4n) is 1.78. The van der Waals surface area contributed by atoms with Crippen molar-refractivity contribution in [2.75, 3.05) is 7.05 Å². The lowest BCUT2D eigenvalue weighted by atomic mass is 10.1. The second-order valence-corrected chi connectivity index (χ2v) is 3.93. The Labute approximate surface area is 100 Å². The topological polar surface area (TPSA) is 29.9 Å². The molecule has 0 amide bonds. The van der Waals surface area contributed by atoms with Gasteiger partial charge in [-0.05, 0) is 31.7 Å². The molecule has 1 N–H and O–H groups in total. The number of hydrogen-bond acceptors (Lipinski definition) is 2. The van der Waals surface area contributed by atoms with Crippen LogP contribution in [0, 0.1) is 5.82 Å². The van der Waals surface area contributed by atoms with Crippen LogP contribution in [0.25, 0.3) is 11.1 Å². The lowest BCUT2D eigenvalue weighted by Gasteiger charge is -2.04. The summed E-state index contributed by atoms with van der Waals surface area (Å²) in [5, 5.41) is 7.22. The van der Waals surface area contributed by atoms with Crippen LogP contribution >= 0.6 is 0 Å². The molecule has 3 nitrogen and oxygen atoms in total. The Morgan fingerprint density at radius 2 is 2.24 bits per heavy atom. The second-order valence-electron chi connectivity index (χ2n) is 3.93. The molecule has 0 unspecified atom stereocenters. The fraction of sp³-hybridized carbons (Fsp3) is 0.308. The minimum atomic E-state index is -0.208. The van der Waals surface area contributed by atoms with Crippen molar-refractivity contribution in [3.8, 4) is 11.1 Å².